The monoisotopic (exact) mass is 340 g/mol. The molecule has 0 radical (unpaired) electrons. The summed E-state index contributed by atoms with van der Waals surface area (Å²) in [6.45, 7) is 5.49. The fourth-order valence-electron chi connectivity index (χ4n) is 2.19. The standard InChI is InChI=1S/C16H21ClN2O4/c1-10(2)23-15(20)13-7-12(3-4-14(13)17)19-16(21)18-8-11-5-6-22-9-11/h3-4,7,10-11H,5-6,8-9H2,1-2H3,(H2,18,19,21). The van der Waals surface area contributed by atoms with E-state index in [4.69, 9.17) is 21.1 Å². The minimum atomic E-state index is -0.517. The zero-order chi connectivity index (χ0) is 16.8. The van der Waals surface area contributed by atoms with Crippen LogP contribution in [-0.2, 0) is 9.47 Å². The average Bonchev–Trinajstić information content (AvgIpc) is 2.99. The topological polar surface area (TPSA) is 76.7 Å². The maximum Gasteiger partial charge on any atom is 0.339 e. The van der Waals surface area contributed by atoms with Gasteiger partial charge in [-0.05, 0) is 38.5 Å². The van der Waals surface area contributed by atoms with E-state index in [1.807, 2.05) is 0 Å². The highest BCUT2D eigenvalue weighted by atomic mass is 35.5. The van der Waals surface area contributed by atoms with E-state index in [1.54, 1.807) is 26.0 Å². The number of carbonyl (C=O) groups excluding carboxylic acids is 2. The van der Waals surface area contributed by atoms with Gasteiger partial charge < -0.3 is 20.1 Å². The zero-order valence-electron chi connectivity index (χ0n) is 13.2. The van der Waals surface area contributed by atoms with Gasteiger partial charge in [0.05, 0.1) is 23.3 Å². The fourth-order valence-corrected chi connectivity index (χ4v) is 2.39. The molecule has 1 unspecified atom stereocenters. The summed E-state index contributed by atoms with van der Waals surface area (Å²) in [4.78, 5) is 23.9. The van der Waals surface area contributed by atoms with Crippen LogP contribution < -0.4 is 10.6 Å². The molecule has 1 aromatic carbocycles. The maximum absolute atomic E-state index is 12.0. The molecule has 0 saturated carbocycles. The number of rotatable bonds is 5. The summed E-state index contributed by atoms with van der Waals surface area (Å²) in [5.74, 6) is -0.167. The molecule has 0 aromatic heterocycles. The number of ether oxygens (including phenoxy) is 2. The third-order valence-electron chi connectivity index (χ3n) is 3.36. The first-order valence-electron chi connectivity index (χ1n) is 7.59. The van der Waals surface area contributed by atoms with Gasteiger partial charge in [-0.15, -0.1) is 0 Å². The van der Waals surface area contributed by atoms with Crippen LogP contribution in [-0.4, -0.2) is 37.9 Å². The second-order valence-corrected chi connectivity index (χ2v) is 6.12. The lowest BCUT2D eigenvalue weighted by atomic mass is 10.1. The summed E-state index contributed by atoms with van der Waals surface area (Å²) in [7, 11) is 0. The number of carbonyl (C=O) groups is 2. The third kappa shape index (κ3) is 5.41. The quantitative estimate of drug-likeness (QED) is 0.808. The Labute approximate surface area is 140 Å². The van der Waals surface area contributed by atoms with Crippen molar-refractivity contribution in [1.82, 2.24) is 5.32 Å². The average molecular weight is 341 g/mol. The lowest BCUT2D eigenvalue weighted by molar-refractivity contribution is 0.0378. The highest BCUT2D eigenvalue weighted by Gasteiger charge is 2.17. The van der Waals surface area contributed by atoms with Gasteiger partial charge in [-0.2, -0.15) is 0 Å². The van der Waals surface area contributed by atoms with Crippen LogP contribution in [0.15, 0.2) is 18.2 Å². The van der Waals surface area contributed by atoms with Gasteiger partial charge in [0.25, 0.3) is 0 Å². The number of halogens is 1. The van der Waals surface area contributed by atoms with Crippen LogP contribution in [0.2, 0.25) is 5.02 Å². The van der Waals surface area contributed by atoms with Gasteiger partial charge in [-0.25, -0.2) is 9.59 Å². The molecule has 1 heterocycles. The van der Waals surface area contributed by atoms with E-state index in [1.165, 1.54) is 6.07 Å². The molecule has 0 spiro atoms. The number of urea groups is 1. The minimum absolute atomic E-state index is 0.224. The van der Waals surface area contributed by atoms with E-state index in [0.29, 0.717) is 24.8 Å². The SMILES string of the molecule is CC(C)OC(=O)c1cc(NC(=O)NCC2CCOC2)ccc1Cl. The van der Waals surface area contributed by atoms with Crippen molar-refractivity contribution in [2.45, 2.75) is 26.4 Å². The van der Waals surface area contributed by atoms with Crippen molar-refractivity contribution in [3.63, 3.8) is 0 Å². The molecule has 1 aromatic rings. The molecule has 1 aliphatic heterocycles. The predicted octanol–water partition coefficient (Wildman–Crippen LogP) is 3.06. The largest absolute Gasteiger partial charge is 0.459 e. The Hall–Kier alpha value is -1.79. The van der Waals surface area contributed by atoms with E-state index in [-0.39, 0.29) is 22.7 Å². The highest BCUT2D eigenvalue weighted by Crippen LogP contribution is 2.22. The number of hydrogen-bond donors (Lipinski definition) is 2. The predicted molar refractivity (Wildman–Crippen MR) is 88.0 cm³/mol. The molecule has 1 atom stereocenters. The lowest BCUT2D eigenvalue weighted by Crippen LogP contribution is -2.33. The molecule has 23 heavy (non-hydrogen) atoms. The van der Waals surface area contributed by atoms with E-state index in [2.05, 4.69) is 10.6 Å². The summed E-state index contributed by atoms with van der Waals surface area (Å²) >= 11 is 6.02. The van der Waals surface area contributed by atoms with Crippen molar-refractivity contribution in [2.75, 3.05) is 25.1 Å². The number of amides is 2. The summed E-state index contributed by atoms with van der Waals surface area (Å²) in [6.07, 6.45) is 0.707. The molecule has 1 aliphatic rings. The van der Waals surface area contributed by atoms with E-state index < -0.39 is 5.97 Å². The number of esters is 1. The second-order valence-electron chi connectivity index (χ2n) is 5.71. The van der Waals surface area contributed by atoms with Gasteiger partial charge >= 0.3 is 12.0 Å². The molecule has 2 rings (SSSR count). The molecular weight excluding hydrogens is 320 g/mol. The molecule has 0 aliphatic carbocycles. The number of nitrogens with one attached hydrogen (secondary N) is 2. The fraction of sp³-hybridized carbons (Fsp3) is 0.500. The zero-order valence-corrected chi connectivity index (χ0v) is 14.0. The summed E-state index contributed by atoms with van der Waals surface area (Å²) in [5, 5.41) is 5.76. The number of benzene rings is 1. The molecule has 7 heteroatoms. The Kier molecular flexibility index (Phi) is 6.24. The normalized spacial score (nSPS) is 17.1. The Morgan fingerprint density at radius 2 is 2.22 bits per heavy atom. The summed E-state index contributed by atoms with van der Waals surface area (Å²) in [5.41, 5.74) is 0.702. The lowest BCUT2D eigenvalue weighted by Gasteiger charge is -2.13. The summed E-state index contributed by atoms with van der Waals surface area (Å²) < 4.78 is 10.4. The second kappa shape index (κ2) is 8.17. The smallest absolute Gasteiger partial charge is 0.339 e. The Morgan fingerprint density at radius 1 is 1.43 bits per heavy atom. The van der Waals surface area contributed by atoms with Crippen LogP contribution in [0.4, 0.5) is 10.5 Å². The van der Waals surface area contributed by atoms with E-state index in [9.17, 15) is 9.59 Å². The van der Waals surface area contributed by atoms with Crippen molar-refractivity contribution in [1.29, 1.82) is 0 Å². The van der Waals surface area contributed by atoms with Crippen molar-refractivity contribution in [3.8, 4) is 0 Å². The van der Waals surface area contributed by atoms with E-state index >= 15 is 0 Å². The van der Waals surface area contributed by atoms with Gasteiger partial charge in [0.15, 0.2) is 0 Å². The van der Waals surface area contributed by atoms with Crippen molar-refractivity contribution in [2.24, 2.45) is 5.92 Å². The van der Waals surface area contributed by atoms with Gasteiger partial charge in [0.1, 0.15) is 0 Å². The first-order chi connectivity index (χ1) is 11.0. The minimum Gasteiger partial charge on any atom is -0.459 e. The molecule has 2 N–H and O–H groups in total. The van der Waals surface area contributed by atoms with Crippen LogP contribution in [0.3, 0.4) is 0 Å². The van der Waals surface area contributed by atoms with Gasteiger partial charge in [-0.1, -0.05) is 11.6 Å². The third-order valence-corrected chi connectivity index (χ3v) is 3.69. The first kappa shape index (κ1) is 17.6. The molecule has 2 amide bonds. The highest BCUT2D eigenvalue weighted by molar-refractivity contribution is 6.33. The molecule has 126 valence electrons. The molecular formula is C16H21ClN2O4. The van der Waals surface area contributed by atoms with E-state index in [0.717, 1.165) is 13.0 Å². The Balaban J connectivity index is 1.94. The Morgan fingerprint density at radius 3 is 2.87 bits per heavy atom. The van der Waals surface area contributed by atoms with Crippen LogP contribution in [0.5, 0.6) is 0 Å². The first-order valence-corrected chi connectivity index (χ1v) is 7.96. The van der Waals surface area contributed by atoms with Gasteiger partial charge in [-0.3, -0.25) is 0 Å². The van der Waals surface area contributed by atoms with Gasteiger partial charge in [0, 0.05) is 24.8 Å². The van der Waals surface area contributed by atoms with Gasteiger partial charge in [0.2, 0.25) is 0 Å². The maximum atomic E-state index is 12.0. The van der Waals surface area contributed by atoms with Crippen LogP contribution >= 0.6 is 11.6 Å². The Bertz CT molecular complexity index is 571. The number of hydrogen-bond acceptors (Lipinski definition) is 4. The summed E-state index contributed by atoms with van der Waals surface area (Å²) in [6, 6.07) is 4.36. The molecule has 0 bridgehead atoms. The van der Waals surface area contributed by atoms with Crippen molar-refractivity contribution >= 4 is 29.3 Å². The molecule has 1 saturated heterocycles. The molecule has 1 fully saturated rings. The van der Waals surface area contributed by atoms with Crippen LogP contribution in [0.1, 0.15) is 30.6 Å². The van der Waals surface area contributed by atoms with Crippen LogP contribution in [0, 0.1) is 5.92 Å². The van der Waals surface area contributed by atoms with Crippen molar-refractivity contribution in [3.05, 3.63) is 28.8 Å². The number of anilines is 1. The van der Waals surface area contributed by atoms with Crippen molar-refractivity contribution < 1.29 is 19.1 Å². The van der Waals surface area contributed by atoms with Crippen LogP contribution in [0.25, 0.3) is 0 Å². The molecule has 6 nitrogen and oxygen atoms in total.